The SMILES string of the molecule is CC[C@H](NC(=O)C1(C)CCCCC1NC(=O)OCC1c2ccccc2-c2ccccc21)C(=O)O. The second-order valence-corrected chi connectivity index (χ2v) is 9.46. The van der Waals surface area contributed by atoms with Gasteiger partial charge in [-0.15, -0.1) is 0 Å². The molecule has 0 radical (unpaired) electrons. The number of carbonyl (C=O) groups excluding carboxylic acids is 2. The third-order valence-corrected chi connectivity index (χ3v) is 7.37. The zero-order valence-corrected chi connectivity index (χ0v) is 19.7. The molecule has 7 nitrogen and oxygen atoms in total. The van der Waals surface area contributed by atoms with Crippen molar-refractivity contribution in [2.45, 2.75) is 64.0 Å². The Balaban J connectivity index is 1.43. The number of benzene rings is 2. The Kier molecular flexibility index (Phi) is 6.91. The van der Waals surface area contributed by atoms with Crippen LogP contribution >= 0.6 is 0 Å². The zero-order chi connectivity index (χ0) is 24.3. The van der Waals surface area contributed by atoms with Crippen molar-refractivity contribution in [1.29, 1.82) is 0 Å². The Hall–Kier alpha value is -3.35. The van der Waals surface area contributed by atoms with Crippen LogP contribution in [0.25, 0.3) is 11.1 Å². The Morgan fingerprint density at radius 1 is 1.06 bits per heavy atom. The van der Waals surface area contributed by atoms with Gasteiger partial charge in [-0.3, -0.25) is 4.79 Å². The lowest BCUT2D eigenvalue weighted by Crippen LogP contribution is -2.57. The van der Waals surface area contributed by atoms with E-state index in [4.69, 9.17) is 4.74 Å². The van der Waals surface area contributed by atoms with Crippen LogP contribution in [-0.4, -0.2) is 41.8 Å². The van der Waals surface area contributed by atoms with E-state index in [-0.39, 0.29) is 18.4 Å². The summed E-state index contributed by atoms with van der Waals surface area (Å²) < 4.78 is 5.68. The third kappa shape index (κ3) is 4.52. The van der Waals surface area contributed by atoms with Gasteiger partial charge in [0.05, 0.1) is 5.41 Å². The average Bonchev–Trinajstić information content (AvgIpc) is 3.16. The number of carboxylic acid groups (broad SMARTS) is 1. The lowest BCUT2D eigenvalue weighted by Gasteiger charge is -2.40. The monoisotopic (exact) mass is 464 g/mol. The summed E-state index contributed by atoms with van der Waals surface area (Å²) in [6.45, 7) is 3.71. The number of carboxylic acids is 1. The largest absolute Gasteiger partial charge is 0.480 e. The van der Waals surface area contributed by atoms with Crippen molar-refractivity contribution < 1.29 is 24.2 Å². The molecule has 0 spiro atoms. The number of nitrogens with one attached hydrogen (secondary N) is 2. The number of ether oxygens (including phenoxy) is 1. The van der Waals surface area contributed by atoms with E-state index >= 15 is 0 Å². The molecule has 34 heavy (non-hydrogen) atoms. The van der Waals surface area contributed by atoms with Gasteiger partial charge in [0.1, 0.15) is 12.6 Å². The van der Waals surface area contributed by atoms with Crippen molar-refractivity contribution >= 4 is 18.0 Å². The first-order valence-corrected chi connectivity index (χ1v) is 12.0. The number of carbonyl (C=O) groups is 3. The third-order valence-electron chi connectivity index (χ3n) is 7.37. The number of alkyl carbamates (subject to hydrolysis) is 1. The summed E-state index contributed by atoms with van der Waals surface area (Å²) in [6.07, 6.45) is 2.67. The molecule has 3 N–H and O–H groups in total. The maximum Gasteiger partial charge on any atom is 0.407 e. The van der Waals surface area contributed by atoms with Gasteiger partial charge >= 0.3 is 12.1 Å². The molecule has 0 aliphatic heterocycles. The molecule has 2 unspecified atom stereocenters. The highest BCUT2D eigenvalue weighted by Crippen LogP contribution is 2.44. The Morgan fingerprint density at radius 2 is 1.68 bits per heavy atom. The van der Waals surface area contributed by atoms with E-state index in [2.05, 4.69) is 34.9 Å². The minimum Gasteiger partial charge on any atom is -0.480 e. The minimum absolute atomic E-state index is 0.0416. The molecule has 1 fully saturated rings. The van der Waals surface area contributed by atoms with E-state index in [1.807, 2.05) is 24.3 Å². The van der Waals surface area contributed by atoms with Gasteiger partial charge in [-0.2, -0.15) is 0 Å². The summed E-state index contributed by atoms with van der Waals surface area (Å²) >= 11 is 0. The number of fused-ring (bicyclic) bond motifs is 3. The quantitative estimate of drug-likeness (QED) is 0.561. The predicted octanol–water partition coefficient (Wildman–Crippen LogP) is 4.45. The summed E-state index contributed by atoms with van der Waals surface area (Å²) in [7, 11) is 0. The van der Waals surface area contributed by atoms with E-state index < -0.39 is 29.6 Å². The number of amides is 2. The predicted molar refractivity (Wildman–Crippen MR) is 128 cm³/mol. The van der Waals surface area contributed by atoms with Crippen molar-refractivity contribution in [3.63, 3.8) is 0 Å². The molecule has 0 aromatic heterocycles. The van der Waals surface area contributed by atoms with Crippen LogP contribution in [0.4, 0.5) is 4.79 Å². The molecule has 0 saturated heterocycles. The highest BCUT2D eigenvalue weighted by Gasteiger charge is 2.45. The van der Waals surface area contributed by atoms with Gasteiger partial charge in [-0.05, 0) is 48.4 Å². The maximum absolute atomic E-state index is 13.1. The molecule has 7 heteroatoms. The lowest BCUT2D eigenvalue weighted by molar-refractivity contribution is -0.144. The fraction of sp³-hybridized carbons (Fsp3) is 0.444. The molecule has 2 amide bonds. The Bertz CT molecular complexity index is 1040. The van der Waals surface area contributed by atoms with Crippen LogP contribution in [0.3, 0.4) is 0 Å². The van der Waals surface area contributed by atoms with Crippen molar-refractivity contribution in [3.8, 4) is 11.1 Å². The minimum atomic E-state index is -1.06. The van der Waals surface area contributed by atoms with Gasteiger partial charge in [0.15, 0.2) is 0 Å². The molecule has 2 aliphatic rings. The van der Waals surface area contributed by atoms with Crippen LogP contribution in [0, 0.1) is 5.41 Å². The Labute approximate surface area is 199 Å². The first-order valence-electron chi connectivity index (χ1n) is 12.0. The number of aliphatic carboxylic acids is 1. The van der Waals surface area contributed by atoms with Crippen molar-refractivity contribution in [2.75, 3.05) is 6.61 Å². The highest BCUT2D eigenvalue weighted by molar-refractivity contribution is 5.88. The van der Waals surface area contributed by atoms with Crippen LogP contribution in [0.1, 0.15) is 63.0 Å². The van der Waals surface area contributed by atoms with Gasteiger partial charge in [-0.1, -0.05) is 68.3 Å². The van der Waals surface area contributed by atoms with E-state index in [1.165, 1.54) is 0 Å². The standard InChI is InChI=1S/C27H32N2O5/c1-3-22(24(30)31)28-25(32)27(2)15-9-8-14-23(27)29-26(33)34-16-21-19-12-6-4-10-17(19)18-11-5-7-13-20(18)21/h4-7,10-13,21-23H,3,8-9,14-16H2,1-2H3,(H,28,32)(H,29,33)(H,30,31)/t22-,23?,27?/m0/s1. The van der Waals surface area contributed by atoms with Crippen molar-refractivity contribution in [3.05, 3.63) is 59.7 Å². The number of hydrogen-bond acceptors (Lipinski definition) is 4. The van der Waals surface area contributed by atoms with Gasteiger partial charge in [0, 0.05) is 12.0 Å². The van der Waals surface area contributed by atoms with Crippen LogP contribution < -0.4 is 10.6 Å². The molecular weight excluding hydrogens is 432 g/mol. The lowest BCUT2D eigenvalue weighted by atomic mass is 9.71. The summed E-state index contributed by atoms with van der Waals surface area (Å²) in [5.74, 6) is -1.44. The highest BCUT2D eigenvalue weighted by atomic mass is 16.5. The van der Waals surface area contributed by atoms with Gasteiger partial charge in [-0.25, -0.2) is 9.59 Å². The molecule has 4 rings (SSSR count). The molecule has 0 heterocycles. The summed E-state index contributed by atoms with van der Waals surface area (Å²) in [5, 5.41) is 14.9. The normalized spacial score (nSPS) is 22.2. The number of hydrogen-bond donors (Lipinski definition) is 3. The van der Waals surface area contributed by atoms with E-state index in [1.54, 1.807) is 13.8 Å². The molecule has 2 aromatic carbocycles. The first kappa shape index (κ1) is 23.8. The van der Waals surface area contributed by atoms with Crippen LogP contribution in [0.5, 0.6) is 0 Å². The molecule has 1 saturated carbocycles. The van der Waals surface area contributed by atoms with Crippen LogP contribution in [0.2, 0.25) is 0 Å². The van der Waals surface area contributed by atoms with Crippen LogP contribution in [0.15, 0.2) is 48.5 Å². The second kappa shape index (κ2) is 9.87. The summed E-state index contributed by atoms with van der Waals surface area (Å²) in [4.78, 5) is 37.3. The fourth-order valence-electron chi connectivity index (χ4n) is 5.28. The topological polar surface area (TPSA) is 105 Å². The van der Waals surface area contributed by atoms with E-state index in [0.717, 1.165) is 35.1 Å². The smallest absolute Gasteiger partial charge is 0.407 e. The van der Waals surface area contributed by atoms with Gasteiger partial charge in [0.25, 0.3) is 0 Å². The first-order chi connectivity index (χ1) is 16.3. The summed E-state index contributed by atoms with van der Waals surface area (Å²) in [6, 6.07) is 14.9. The average molecular weight is 465 g/mol. The second-order valence-electron chi connectivity index (χ2n) is 9.46. The van der Waals surface area contributed by atoms with Gasteiger partial charge < -0.3 is 20.5 Å². The molecule has 2 aliphatic carbocycles. The van der Waals surface area contributed by atoms with Crippen molar-refractivity contribution in [1.82, 2.24) is 10.6 Å². The van der Waals surface area contributed by atoms with E-state index in [9.17, 15) is 19.5 Å². The molecule has 0 bridgehead atoms. The molecule has 180 valence electrons. The van der Waals surface area contributed by atoms with E-state index in [0.29, 0.717) is 19.3 Å². The van der Waals surface area contributed by atoms with Crippen molar-refractivity contribution in [2.24, 2.45) is 5.41 Å². The molecule has 3 atom stereocenters. The maximum atomic E-state index is 13.1. The van der Waals surface area contributed by atoms with Crippen LogP contribution in [-0.2, 0) is 14.3 Å². The molecular formula is C27H32N2O5. The fourth-order valence-corrected chi connectivity index (χ4v) is 5.28. The van der Waals surface area contributed by atoms with Gasteiger partial charge in [0.2, 0.25) is 5.91 Å². The number of rotatable bonds is 7. The molecule has 2 aromatic rings. The Morgan fingerprint density at radius 3 is 2.26 bits per heavy atom. The summed E-state index contributed by atoms with van der Waals surface area (Å²) in [5.41, 5.74) is 3.70. The zero-order valence-electron chi connectivity index (χ0n) is 19.7.